The Morgan fingerprint density at radius 1 is 1.29 bits per heavy atom. The van der Waals surface area contributed by atoms with Crippen LogP contribution in [-0.2, 0) is 0 Å². The third-order valence-electron chi connectivity index (χ3n) is 2.88. The Morgan fingerprint density at radius 3 is 2.71 bits per heavy atom. The Kier molecular flexibility index (Phi) is 3.17. The number of nitrogens with zero attached hydrogens (tertiary/aromatic N) is 3. The third kappa shape index (κ3) is 2.33. The van der Waals surface area contributed by atoms with Gasteiger partial charge in [0.05, 0.1) is 11.4 Å². The molecule has 17 heavy (non-hydrogen) atoms. The van der Waals surface area contributed by atoms with Crippen molar-refractivity contribution < 1.29 is 4.63 Å². The van der Waals surface area contributed by atoms with E-state index in [1.165, 1.54) is 0 Å². The second-order valence-electron chi connectivity index (χ2n) is 4.74. The van der Waals surface area contributed by atoms with Crippen molar-refractivity contribution in [2.75, 3.05) is 24.2 Å². The average molecular weight is 234 g/mol. The Hall–Kier alpha value is -1.78. The molecule has 5 heteroatoms. The molecule has 1 aromatic heterocycles. The summed E-state index contributed by atoms with van der Waals surface area (Å²) in [6.45, 7) is 5.40. The van der Waals surface area contributed by atoms with Gasteiger partial charge in [-0.15, -0.1) is 0 Å². The summed E-state index contributed by atoms with van der Waals surface area (Å²) in [6, 6.07) is 3.80. The Labute approximate surface area is 101 Å². The minimum atomic E-state index is 0.599. The summed E-state index contributed by atoms with van der Waals surface area (Å²) < 4.78 is 4.76. The summed E-state index contributed by atoms with van der Waals surface area (Å²) >= 11 is 0. The molecule has 2 rings (SSSR count). The van der Waals surface area contributed by atoms with Crippen LogP contribution < -0.4 is 10.6 Å². The van der Waals surface area contributed by atoms with Crippen molar-refractivity contribution in [2.24, 2.45) is 5.92 Å². The van der Waals surface area contributed by atoms with Gasteiger partial charge in [-0.3, -0.25) is 0 Å². The summed E-state index contributed by atoms with van der Waals surface area (Å²) in [7, 11) is 2.04. The first-order valence-corrected chi connectivity index (χ1v) is 5.81. The molecule has 1 aromatic carbocycles. The van der Waals surface area contributed by atoms with Gasteiger partial charge in [0.2, 0.25) is 0 Å². The van der Waals surface area contributed by atoms with Crippen molar-refractivity contribution in [1.82, 2.24) is 10.3 Å². The van der Waals surface area contributed by atoms with E-state index in [2.05, 4.69) is 29.1 Å². The number of anilines is 2. The smallest absolute Gasteiger partial charge is 0.160 e. The average Bonchev–Trinajstić information content (AvgIpc) is 2.76. The molecule has 5 nitrogen and oxygen atoms in total. The molecule has 2 N–H and O–H groups in total. The highest BCUT2D eigenvalue weighted by Crippen LogP contribution is 2.27. The minimum absolute atomic E-state index is 0.599. The molecule has 92 valence electrons. The van der Waals surface area contributed by atoms with Gasteiger partial charge in [0, 0.05) is 13.6 Å². The van der Waals surface area contributed by atoms with Crippen LogP contribution in [0.15, 0.2) is 16.8 Å². The summed E-state index contributed by atoms with van der Waals surface area (Å²) in [6.07, 6.45) is 1.13. The van der Waals surface area contributed by atoms with Crippen LogP contribution in [0, 0.1) is 5.92 Å². The van der Waals surface area contributed by atoms with Gasteiger partial charge in [0.1, 0.15) is 0 Å². The van der Waals surface area contributed by atoms with Crippen LogP contribution in [0.5, 0.6) is 0 Å². The SMILES string of the molecule is CC(C)CCN(C)c1ccc(N)c2nonc12. The maximum atomic E-state index is 5.81. The van der Waals surface area contributed by atoms with Crippen LogP contribution in [0.25, 0.3) is 11.0 Å². The van der Waals surface area contributed by atoms with Crippen molar-refractivity contribution in [3.05, 3.63) is 12.1 Å². The normalized spacial score (nSPS) is 11.3. The number of hydrogen-bond donors (Lipinski definition) is 1. The highest BCUT2D eigenvalue weighted by Gasteiger charge is 2.13. The predicted molar refractivity (Wildman–Crippen MR) is 68.9 cm³/mol. The van der Waals surface area contributed by atoms with E-state index in [9.17, 15) is 0 Å². The molecule has 0 atom stereocenters. The number of benzene rings is 1. The Morgan fingerprint density at radius 2 is 2.00 bits per heavy atom. The van der Waals surface area contributed by atoms with E-state index in [1.807, 2.05) is 19.2 Å². The Balaban J connectivity index is 2.29. The lowest BCUT2D eigenvalue weighted by atomic mass is 10.1. The molecule has 0 radical (unpaired) electrons. The number of aromatic nitrogens is 2. The molecule has 0 saturated heterocycles. The second-order valence-corrected chi connectivity index (χ2v) is 4.74. The van der Waals surface area contributed by atoms with Crippen molar-refractivity contribution in [1.29, 1.82) is 0 Å². The Bertz CT molecular complexity index is 506. The largest absolute Gasteiger partial charge is 0.397 e. The molecule has 0 aliphatic carbocycles. The highest BCUT2D eigenvalue weighted by atomic mass is 16.6. The molecule has 0 bridgehead atoms. The lowest BCUT2D eigenvalue weighted by Gasteiger charge is -2.20. The van der Waals surface area contributed by atoms with Gasteiger partial charge >= 0.3 is 0 Å². The standard InChI is InChI=1S/C12H18N4O/c1-8(2)6-7-16(3)10-5-4-9(13)11-12(10)15-17-14-11/h4-5,8H,6-7,13H2,1-3H3. The monoisotopic (exact) mass is 234 g/mol. The lowest BCUT2D eigenvalue weighted by Crippen LogP contribution is -2.20. The molecule has 0 unspecified atom stereocenters. The van der Waals surface area contributed by atoms with E-state index in [1.54, 1.807) is 0 Å². The number of nitrogens with two attached hydrogens (primary N) is 1. The minimum Gasteiger partial charge on any atom is -0.397 e. The fraction of sp³-hybridized carbons (Fsp3) is 0.500. The molecular formula is C12H18N4O. The molecule has 0 spiro atoms. The third-order valence-corrected chi connectivity index (χ3v) is 2.88. The van der Waals surface area contributed by atoms with E-state index in [4.69, 9.17) is 10.4 Å². The van der Waals surface area contributed by atoms with E-state index < -0.39 is 0 Å². The maximum absolute atomic E-state index is 5.81. The molecule has 1 heterocycles. The van der Waals surface area contributed by atoms with E-state index >= 15 is 0 Å². The molecule has 0 fully saturated rings. The van der Waals surface area contributed by atoms with Crippen LogP contribution in [0.3, 0.4) is 0 Å². The highest BCUT2D eigenvalue weighted by molar-refractivity contribution is 5.95. The van der Waals surface area contributed by atoms with Gasteiger partial charge in [-0.1, -0.05) is 13.8 Å². The summed E-state index contributed by atoms with van der Waals surface area (Å²) in [5.74, 6) is 0.678. The maximum Gasteiger partial charge on any atom is 0.160 e. The van der Waals surface area contributed by atoms with E-state index in [-0.39, 0.29) is 0 Å². The van der Waals surface area contributed by atoms with Crippen LogP contribution in [0.1, 0.15) is 20.3 Å². The molecule has 2 aromatic rings. The zero-order chi connectivity index (χ0) is 12.4. The van der Waals surface area contributed by atoms with Gasteiger partial charge in [-0.25, -0.2) is 4.63 Å². The summed E-state index contributed by atoms with van der Waals surface area (Å²) in [5.41, 5.74) is 8.79. The fourth-order valence-corrected chi connectivity index (χ4v) is 1.75. The first-order chi connectivity index (χ1) is 8.09. The second kappa shape index (κ2) is 4.61. The van der Waals surface area contributed by atoms with Gasteiger partial charge < -0.3 is 10.6 Å². The van der Waals surface area contributed by atoms with Crippen LogP contribution in [0.2, 0.25) is 0 Å². The van der Waals surface area contributed by atoms with Gasteiger partial charge in [-0.2, -0.15) is 0 Å². The number of fused-ring (bicyclic) bond motifs is 1. The topological polar surface area (TPSA) is 68.2 Å². The predicted octanol–water partition coefficient (Wildman–Crippen LogP) is 2.29. The van der Waals surface area contributed by atoms with Crippen LogP contribution in [-0.4, -0.2) is 23.9 Å². The lowest BCUT2D eigenvalue weighted by molar-refractivity contribution is 0.315. The zero-order valence-corrected chi connectivity index (χ0v) is 10.5. The van der Waals surface area contributed by atoms with E-state index in [0.717, 1.165) is 24.2 Å². The van der Waals surface area contributed by atoms with Crippen LogP contribution >= 0.6 is 0 Å². The molecule has 0 aliphatic rings. The number of rotatable bonds is 4. The van der Waals surface area contributed by atoms with Crippen LogP contribution in [0.4, 0.5) is 11.4 Å². The fourth-order valence-electron chi connectivity index (χ4n) is 1.75. The molecule has 0 saturated carbocycles. The first kappa shape index (κ1) is 11.7. The summed E-state index contributed by atoms with van der Waals surface area (Å²) in [4.78, 5) is 2.16. The van der Waals surface area contributed by atoms with E-state index in [0.29, 0.717) is 17.1 Å². The summed E-state index contributed by atoms with van der Waals surface area (Å²) in [5, 5.41) is 7.74. The van der Waals surface area contributed by atoms with Crippen molar-refractivity contribution in [3.63, 3.8) is 0 Å². The van der Waals surface area contributed by atoms with Crippen molar-refractivity contribution >= 4 is 22.4 Å². The molecular weight excluding hydrogens is 216 g/mol. The molecule has 0 amide bonds. The number of hydrogen-bond acceptors (Lipinski definition) is 5. The molecule has 0 aliphatic heterocycles. The quantitative estimate of drug-likeness (QED) is 0.822. The van der Waals surface area contributed by atoms with Crippen molar-refractivity contribution in [3.8, 4) is 0 Å². The van der Waals surface area contributed by atoms with Gasteiger partial charge in [0.15, 0.2) is 11.0 Å². The van der Waals surface area contributed by atoms with Gasteiger partial charge in [0.25, 0.3) is 0 Å². The first-order valence-electron chi connectivity index (χ1n) is 5.81. The zero-order valence-electron chi connectivity index (χ0n) is 10.5. The number of nitrogen functional groups attached to an aromatic ring is 1. The van der Waals surface area contributed by atoms with Crippen molar-refractivity contribution in [2.45, 2.75) is 20.3 Å². The van der Waals surface area contributed by atoms with Gasteiger partial charge in [-0.05, 0) is 34.8 Å².